The van der Waals surface area contributed by atoms with Gasteiger partial charge in [-0.2, -0.15) is 0 Å². The summed E-state index contributed by atoms with van der Waals surface area (Å²) in [6.45, 7) is 2.56. The minimum absolute atomic E-state index is 0.102. The summed E-state index contributed by atoms with van der Waals surface area (Å²) in [5.41, 5.74) is 2.11. The first kappa shape index (κ1) is 16.8. The highest BCUT2D eigenvalue weighted by Gasteiger charge is 2.23. The number of amides is 1. The lowest BCUT2D eigenvalue weighted by Crippen LogP contribution is -2.24. The van der Waals surface area contributed by atoms with Crippen molar-refractivity contribution in [1.82, 2.24) is 0 Å². The minimum atomic E-state index is -3.71. The van der Waals surface area contributed by atoms with Crippen LogP contribution in [0.25, 0.3) is 0 Å². The second kappa shape index (κ2) is 6.45. The van der Waals surface area contributed by atoms with E-state index in [1.165, 1.54) is 12.1 Å². The SMILES string of the molecule is Cc1cc(NS(=O)(=O)c2cccc(Cl)c2)ccc1N1CCCC1=O. The van der Waals surface area contributed by atoms with Gasteiger partial charge in [0.1, 0.15) is 0 Å². The molecule has 0 bridgehead atoms. The van der Waals surface area contributed by atoms with Crippen LogP contribution in [0.4, 0.5) is 11.4 Å². The summed E-state index contributed by atoms with van der Waals surface area (Å²) in [5.74, 6) is 0.102. The van der Waals surface area contributed by atoms with E-state index in [1.807, 2.05) is 6.92 Å². The summed E-state index contributed by atoms with van der Waals surface area (Å²) in [5, 5.41) is 0.358. The molecule has 0 aromatic heterocycles. The second-order valence-corrected chi connectivity index (χ2v) is 7.83. The van der Waals surface area contributed by atoms with Gasteiger partial charge in [0.05, 0.1) is 4.90 Å². The van der Waals surface area contributed by atoms with Gasteiger partial charge < -0.3 is 4.90 Å². The lowest BCUT2D eigenvalue weighted by atomic mass is 10.1. The molecule has 2 aromatic carbocycles. The van der Waals surface area contributed by atoms with Crippen LogP contribution in [0.1, 0.15) is 18.4 Å². The van der Waals surface area contributed by atoms with E-state index in [-0.39, 0.29) is 10.8 Å². The third-order valence-electron chi connectivity index (χ3n) is 3.92. The fraction of sp³-hybridized carbons (Fsp3) is 0.235. The molecule has 1 aliphatic rings. The Morgan fingerprint density at radius 3 is 2.58 bits per heavy atom. The summed E-state index contributed by atoms with van der Waals surface area (Å²) >= 11 is 5.86. The molecule has 1 fully saturated rings. The lowest BCUT2D eigenvalue weighted by molar-refractivity contribution is -0.117. The number of hydrogen-bond donors (Lipinski definition) is 1. The Morgan fingerprint density at radius 1 is 1.17 bits per heavy atom. The molecule has 1 N–H and O–H groups in total. The number of carbonyl (C=O) groups is 1. The fourth-order valence-corrected chi connectivity index (χ4v) is 4.12. The van der Waals surface area contributed by atoms with Gasteiger partial charge in [-0.05, 0) is 55.3 Å². The van der Waals surface area contributed by atoms with Crippen molar-refractivity contribution >= 4 is 38.9 Å². The summed E-state index contributed by atoms with van der Waals surface area (Å²) in [6.07, 6.45) is 1.41. The molecule has 0 unspecified atom stereocenters. The lowest BCUT2D eigenvalue weighted by Gasteiger charge is -2.19. The van der Waals surface area contributed by atoms with Crippen molar-refractivity contribution in [2.75, 3.05) is 16.2 Å². The first-order chi connectivity index (χ1) is 11.4. The predicted molar refractivity (Wildman–Crippen MR) is 95.0 cm³/mol. The molecular weight excluding hydrogens is 348 g/mol. The number of halogens is 1. The highest BCUT2D eigenvalue weighted by molar-refractivity contribution is 7.92. The van der Waals surface area contributed by atoms with Crippen molar-refractivity contribution in [2.45, 2.75) is 24.7 Å². The first-order valence-corrected chi connectivity index (χ1v) is 9.42. The maximum atomic E-state index is 12.4. The van der Waals surface area contributed by atoms with E-state index in [4.69, 9.17) is 11.6 Å². The Morgan fingerprint density at radius 2 is 1.96 bits per heavy atom. The van der Waals surface area contributed by atoms with Gasteiger partial charge in [0, 0.05) is 29.4 Å². The number of nitrogens with zero attached hydrogens (tertiary/aromatic N) is 1. The Balaban J connectivity index is 1.86. The number of aryl methyl sites for hydroxylation is 1. The summed E-state index contributed by atoms with van der Waals surface area (Å²) in [7, 11) is -3.71. The van der Waals surface area contributed by atoms with E-state index >= 15 is 0 Å². The van der Waals surface area contributed by atoms with Crippen LogP contribution in [-0.2, 0) is 14.8 Å². The number of hydrogen-bond acceptors (Lipinski definition) is 3. The van der Waals surface area contributed by atoms with E-state index < -0.39 is 10.0 Å². The van der Waals surface area contributed by atoms with Gasteiger partial charge in [-0.25, -0.2) is 8.42 Å². The van der Waals surface area contributed by atoms with Crippen LogP contribution >= 0.6 is 11.6 Å². The van der Waals surface area contributed by atoms with Gasteiger partial charge >= 0.3 is 0 Å². The molecule has 1 aliphatic heterocycles. The molecule has 0 atom stereocenters. The van der Waals surface area contributed by atoms with Crippen LogP contribution in [0, 0.1) is 6.92 Å². The zero-order chi connectivity index (χ0) is 17.3. The summed E-state index contributed by atoms with van der Waals surface area (Å²) < 4.78 is 27.4. The molecule has 1 heterocycles. The minimum Gasteiger partial charge on any atom is -0.312 e. The van der Waals surface area contributed by atoms with E-state index in [0.29, 0.717) is 23.7 Å². The molecular formula is C17H17ClN2O3S. The zero-order valence-electron chi connectivity index (χ0n) is 13.1. The van der Waals surface area contributed by atoms with E-state index in [0.717, 1.165) is 17.7 Å². The van der Waals surface area contributed by atoms with E-state index in [1.54, 1.807) is 35.2 Å². The van der Waals surface area contributed by atoms with Crippen LogP contribution < -0.4 is 9.62 Å². The highest BCUT2D eigenvalue weighted by atomic mass is 35.5. The quantitative estimate of drug-likeness (QED) is 0.901. The van der Waals surface area contributed by atoms with Crippen LogP contribution in [0.2, 0.25) is 5.02 Å². The molecule has 0 aliphatic carbocycles. The molecule has 126 valence electrons. The Kier molecular flexibility index (Phi) is 4.51. The first-order valence-electron chi connectivity index (χ1n) is 7.56. The number of benzene rings is 2. The van der Waals surface area contributed by atoms with Gasteiger partial charge in [-0.3, -0.25) is 9.52 Å². The molecule has 24 heavy (non-hydrogen) atoms. The topological polar surface area (TPSA) is 66.5 Å². The number of nitrogens with one attached hydrogen (secondary N) is 1. The second-order valence-electron chi connectivity index (χ2n) is 5.71. The molecule has 1 saturated heterocycles. The maximum Gasteiger partial charge on any atom is 0.261 e. The zero-order valence-corrected chi connectivity index (χ0v) is 14.7. The van der Waals surface area contributed by atoms with Gasteiger partial charge in [0.2, 0.25) is 5.91 Å². The van der Waals surface area contributed by atoms with Crippen molar-refractivity contribution < 1.29 is 13.2 Å². The number of carbonyl (C=O) groups excluding carboxylic acids is 1. The van der Waals surface area contributed by atoms with Crippen LogP contribution in [0.15, 0.2) is 47.4 Å². The van der Waals surface area contributed by atoms with Crippen molar-refractivity contribution in [2.24, 2.45) is 0 Å². The van der Waals surface area contributed by atoms with Crippen molar-refractivity contribution in [3.63, 3.8) is 0 Å². The largest absolute Gasteiger partial charge is 0.312 e. The Bertz CT molecular complexity index is 896. The average Bonchev–Trinajstić information content (AvgIpc) is 2.93. The monoisotopic (exact) mass is 364 g/mol. The predicted octanol–water partition coefficient (Wildman–Crippen LogP) is 3.58. The fourth-order valence-electron chi connectivity index (χ4n) is 2.77. The highest BCUT2D eigenvalue weighted by Crippen LogP contribution is 2.28. The molecule has 0 radical (unpaired) electrons. The van der Waals surface area contributed by atoms with Crippen LogP contribution in [0.5, 0.6) is 0 Å². The number of sulfonamides is 1. The van der Waals surface area contributed by atoms with Crippen LogP contribution in [0.3, 0.4) is 0 Å². The molecule has 5 nitrogen and oxygen atoms in total. The van der Waals surface area contributed by atoms with Gasteiger partial charge in [0.25, 0.3) is 10.0 Å². The van der Waals surface area contributed by atoms with Crippen LogP contribution in [-0.4, -0.2) is 20.9 Å². The molecule has 0 saturated carbocycles. The molecule has 3 rings (SSSR count). The summed E-state index contributed by atoms with van der Waals surface area (Å²) in [6, 6.07) is 11.2. The van der Waals surface area contributed by atoms with Gasteiger partial charge in [-0.15, -0.1) is 0 Å². The maximum absolute atomic E-state index is 12.4. The third kappa shape index (κ3) is 3.39. The van der Waals surface area contributed by atoms with Crippen molar-refractivity contribution in [1.29, 1.82) is 0 Å². The van der Waals surface area contributed by atoms with Crippen molar-refractivity contribution in [3.8, 4) is 0 Å². The molecule has 1 amide bonds. The smallest absolute Gasteiger partial charge is 0.261 e. The van der Waals surface area contributed by atoms with Gasteiger partial charge in [-0.1, -0.05) is 17.7 Å². The van der Waals surface area contributed by atoms with E-state index in [2.05, 4.69) is 4.72 Å². The van der Waals surface area contributed by atoms with Crippen molar-refractivity contribution in [3.05, 3.63) is 53.1 Å². The standard InChI is InChI=1S/C17H17ClN2O3S/c1-12-10-14(7-8-16(12)20-9-3-6-17(20)21)19-24(22,23)15-5-2-4-13(18)11-15/h2,4-5,7-8,10-11,19H,3,6,9H2,1H3. The molecule has 0 spiro atoms. The molecule has 2 aromatic rings. The number of rotatable bonds is 4. The number of anilines is 2. The molecule has 7 heteroatoms. The van der Waals surface area contributed by atoms with E-state index in [9.17, 15) is 13.2 Å². The summed E-state index contributed by atoms with van der Waals surface area (Å²) in [4.78, 5) is 13.7. The Labute approximate surface area is 146 Å². The van der Waals surface area contributed by atoms with Gasteiger partial charge in [0.15, 0.2) is 0 Å². The Hall–Kier alpha value is -2.05. The third-order valence-corrected chi connectivity index (χ3v) is 5.53. The normalized spacial score (nSPS) is 14.9. The average molecular weight is 365 g/mol.